The molecule has 0 saturated carbocycles. The van der Waals surface area contributed by atoms with Gasteiger partial charge in [0, 0.05) is 13.1 Å². The van der Waals surface area contributed by atoms with Gasteiger partial charge in [-0.15, -0.1) is 0 Å². The highest BCUT2D eigenvalue weighted by atomic mass is 32.2. The van der Waals surface area contributed by atoms with E-state index in [-0.39, 0.29) is 10.7 Å². The van der Waals surface area contributed by atoms with E-state index >= 15 is 0 Å². The number of fused-ring (bicyclic) bond motifs is 1. The van der Waals surface area contributed by atoms with Gasteiger partial charge in [0.1, 0.15) is 11.6 Å². The van der Waals surface area contributed by atoms with E-state index in [2.05, 4.69) is 38.9 Å². The lowest BCUT2D eigenvalue weighted by atomic mass is 10.00. The van der Waals surface area contributed by atoms with Gasteiger partial charge in [-0.25, -0.2) is 13.4 Å². The number of nitrogens with zero attached hydrogens (tertiary/aromatic N) is 2. The third-order valence-electron chi connectivity index (χ3n) is 4.85. The zero-order valence-electron chi connectivity index (χ0n) is 15.5. The van der Waals surface area contributed by atoms with E-state index in [9.17, 15) is 8.42 Å². The first kappa shape index (κ1) is 18.3. The lowest BCUT2D eigenvalue weighted by molar-refractivity contribution is 0.414. The molecular formula is C21H21N3O3S. The van der Waals surface area contributed by atoms with Gasteiger partial charge in [-0.05, 0) is 53.9 Å². The Balaban J connectivity index is 1.47. The molecular weight excluding hydrogens is 374 g/mol. The van der Waals surface area contributed by atoms with Crippen molar-refractivity contribution in [3.05, 3.63) is 78.0 Å². The van der Waals surface area contributed by atoms with Crippen LogP contribution in [-0.4, -0.2) is 27.1 Å². The fourth-order valence-corrected chi connectivity index (χ4v) is 4.31. The van der Waals surface area contributed by atoms with Crippen molar-refractivity contribution in [2.75, 3.05) is 23.3 Å². The van der Waals surface area contributed by atoms with Crippen LogP contribution in [0.1, 0.15) is 11.1 Å². The van der Waals surface area contributed by atoms with E-state index in [0.717, 1.165) is 25.2 Å². The van der Waals surface area contributed by atoms with Crippen LogP contribution in [0.15, 0.2) is 71.8 Å². The molecule has 1 N–H and O–H groups in total. The number of aromatic nitrogens is 1. The van der Waals surface area contributed by atoms with Crippen molar-refractivity contribution in [2.45, 2.75) is 17.9 Å². The van der Waals surface area contributed by atoms with Crippen LogP contribution in [0.2, 0.25) is 0 Å². The first-order chi connectivity index (χ1) is 13.5. The molecule has 3 aromatic rings. The van der Waals surface area contributed by atoms with Gasteiger partial charge in [-0.1, -0.05) is 24.3 Å². The zero-order valence-corrected chi connectivity index (χ0v) is 16.3. The minimum Gasteiger partial charge on any atom is -0.497 e. The lowest BCUT2D eigenvalue weighted by Crippen LogP contribution is -2.30. The highest BCUT2D eigenvalue weighted by Gasteiger charge is 2.18. The second-order valence-electron chi connectivity index (χ2n) is 6.62. The lowest BCUT2D eigenvalue weighted by Gasteiger charge is -2.30. The van der Waals surface area contributed by atoms with Gasteiger partial charge >= 0.3 is 0 Å². The van der Waals surface area contributed by atoms with Crippen molar-refractivity contribution in [1.29, 1.82) is 0 Å². The van der Waals surface area contributed by atoms with Crippen LogP contribution in [0.5, 0.6) is 5.75 Å². The molecule has 0 unspecified atom stereocenters. The molecule has 28 heavy (non-hydrogen) atoms. The Morgan fingerprint density at radius 3 is 2.43 bits per heavy atom. The summed E-state index contributed by atoms with van der Waals surface area (Å²) in [6.07, 6.45) is 2.70. The molecule has 0 atom stereocenters. The molecule has 0 amide bonds. The summed E-state index contributed by atoms with van der Waals surface area (Å²) in [5.41, 5.74) is 3.68. The number of methoxy groups -OCH3 is 1. The molecule has 0 bridgehead atoms. The van der Waals surface area contributed by atoms with E-state index in [4.69, 9.17) is 4.74 Å². The van der Waals surface area contributed by atoms with Gasteiger partial charge in [-0.2, -0.15) is 0 Å². The van der Waals surface area contributed by atoms with Crippen LogP contribution >= 0.6 is 0 Å². The maximum Gasteiger partial charge on any atom is 0.263 e. The summed E-state index contributed by atoms with van der Waals surface area (Å²) in [5.74, 6) is 0.890. The third-order valence-corrected chi connectivity index (χ3v) is 6.22. The van der Waals surface area contributed by atoms with Gasteiger partial charge in [0.15, 0.2) is 0 Å². The maximum absolute atomic E-state index is 12.5. The smallest absolute Gasteiger partial charge is 0.263 e. The Bertz CT molecular complexity index is 1060. The largest absolute Gasteiger partial charge is 0.497 e. The minimum absolute atomic E-state index is 0.159. The predicted molar refractivity (Wildman–Crippen MR) is 109 cm³/mol. The first-order valence-corrected chi connectivity index (χ1v) is 10.5. The summed E-state index contributed by atoms with van der Waals surface area (Å²) in [4.78, 5) is 6.70. The van der Waals surface area contributed by atoms with Crippen molar-refractivity contribution in [2.24, 2.45) is 0 Å². The Morgan fingerprint density at radius 2 is 1.75 bits per heavy atom. The van der Waals surface area contributed by atoms with Crippen molar-refractivity contribution in [3.8, 4) is 5.75 Å². The molecule has 7 heteroatoms. The van der Waals surface area contributed by atoms with Gasteiger partial charge in [0.25, 0.3) is 10.0 Å². The highest BCUT2D eigenvalue weighted by molar-refractivity contribution is 7.92. The van der Waals surface area contributed by atoms with Crippen LogP contribution in [0, 0.1) is 0 Å². The van der Waals surface area contributed by atoms with Crippen LogP contribution in [0.25, 0.3) is 0 Å². The molecule has 1 aliphatic rings. The monoisotopic (exact) mass is 395 g/mol. The fraction of sp³-hybridized carbons (Fsp3) is 0.190. The molecule has 0 radical (unpaired) electrons. The number of nitrogens with one attached hydrogen (secondary N) is 1. The Labute approximate surface area is 164 Å². The Morgan fingerprint density at radius 1 is 1.00 bits per heavy atom. The molecule has 4 rings (SSSR count). The second kappa shape index (κ2) is 7.52. The van der Waals surface area contributed by atoms with E-state index in [1.165, 1.54) is 30.4 Å². The summed E-state index contributed by atoms with van der Waals surface area (Å²) < 4.78 is 32.6. The molecule has 0 fully saturated rings. The van der Waals surface area contributed by atoms with Crippen LogP contribution < -0.4 is 14.4 Å². The molecule has 1 aromatic heterocycles. The Kier molecular flexibility index (Phi) is 4.92. The highest BCUT2D eigenvalue weighted by Crippen LogP contribution is 2.25. The van der Waals surface area contributed by atoms with Crippen LogP contribution in [-0.2, 0) is 23.0 Å². The number of ether oxygens (including phenoxy) is 1. The number of benzene rings is 2. The third kappa shape index (κ3) is 3.80. The summed E-state index contributed by atoms with van der Waals surface area (Å²) in [6, 6.07) is 18.2. The number of sulfonamides is 1. The van der Waals surface area contributed by atoms with E-state index in [1.54, 1.807) is 24.4 Å². The quantitative estimate of drug-likeness (QED) is 0.716. The molecule has 0 spiro atoms. The zero-order chi connectivity index (χ0) is 19.6. The van der Waals surface area contributed by atoms with E-state index in [1.807, 2.05) is 6.07 Å². The van der Waals surface area contributed by atoms with Crippen LogP contribution in [0.4, 0.5) is 11.5 Å². The number of pyridine rings is 1. The SMILES string of the molecule is COc1ccc(S(=O)(=O)Nc2ccc(N3CCc4ccccc4C3)cn2)cc1. The maximum atomic E-state index is 12.5. The minimum atomic E-state index is -3.70. The first-order valence-electron chi connectivity index (χ1n) is 9.00. The number of hydrogen-bond donors (Lipinski definition) is 1. The van der Waals surface area contributed by atoms with Crippen LogP contribution in [0.3, 0.4) is 0 Å². The molecule has 1 aliphatic heterocycles. The fourth-order valence-electron chi connectivity index (χ4n) is 3.30. The normalized spacial score (nSPS) is 13.7. The number of anilines is 2. The molecule has 6 nitrogen and oxygen atoms in total. The van der Waals surface area contributed by atoms with Gasteiger partial charge in [0.05, 0.1) is 23.9 Å². The average Bonchev–Trinajstić information content (AvgIpc) is 2.74. The van der Waals surface area contributed by atoms with Crippen molar-refractivity contribution in [3.63, 3.8) is 0 Å². The molecule has 144 valence electrons. The molecule has 2 aromatic carbocycles. The average molecular weight is 395 g/mol. The van der Waals surface area contributed by atoms with Gasteiger partial charge in [-0.3, -0.25) is 4.72 Å². The number of rotatable bonds is 5. The Hall–Kier alpha value is -3.06. The summed E-state index contributed by atoms with van der Waals surface area (Å²) in [7, 11) is -2.16. The summed E-state index contributed by atoms with van der Waals surface area (Å²) >= 11 is 0. The predicted octanol–water partition coefficient (Wildman–Crippen LogP) is 3.45. The number of hydrogen-bond acceptors (Lipinski definition) is 5. The van der Waals surface area contributed by atoms with Crippen molar-refractivity contribution < 1.29 is 13.2 Å². The van der Waals surface area contributed by atoms with E-state index < -0.39 is 10.0 Å². The summed E-state index contributed by atoms with van der Waals surface area (Å²) in [6.45, 7) is 1.74. The standard InChI is InChI=1S/C21H21N3O3S/c1-27-19-7-9-20(10-8-19)28(25,26)23-21-11-6-18(14-22-21)24-13-12-16-4-2-3-5-17(16)15-24/h2-11,14H,12-13,15H2,1H3,(H,22,23). The molecule has 0 aliphatic carbocycles. The molecule has 2 heterocycles. The second-order valence-corrected chi connectivity index (χ2v) is 8.31. The van der Waals surface area contributed by atoms with Crippen molar-refractivity contribution >= 4 is 21.5 Å². The van der Waals surface area contributed by atoms with Gasteiger partial charge < -0.3 is 9.64 Å². The van der Waals surface area contributed by atoms with Crippen molar-refractivity contribution in [1.82, 2.24) is 4.98 Å². The molecule has 0 saturated heterocycles. The summed E-state index contributed by atoms with van der Waals surface area (Å²) in [5, 5.41) is 0. The van der Waals surface area contributed by atoms with Gasteiger partial charge in [0.2, 0.25) is 0 Å². The van der Waals surface area contributed by atoms with E-state index in [0.29, 0.717) is 5.75 Å². The topological polar surface area (TPSA) is 71.5 Å².